The first-order valence-electron chi connectivity index (χ1n) is 9.64. The second-order valence-electron chi connectivity index (χ2n) is 7.04. The van der Waals surface area contributed by atoms with Crippen molar-refractivity contribution in [3.63, 3.8) is 0 Å². The molecule has 2 aromatic rings. The molecule has 28 heavy (non-hydrogen) atoms. The van der Waals surface area contributed by atoms with Gasteiger partial charge in [-0.15, -0.1) is 11.3 Å². The summed E-state index contributed by atoms with van der Waals surface area (Å²) in [6, 6.07) is 10.0. The Balaban J connectivity index is 1.26. The Morgan fingerprint density at radius 3 is 2.61 bits per heavy atom. The van der Waals surface area contributed by atoms with Crippen molar-refractivity contribution in [1.82, 2.24) is 14.8 Å². The number of hydrogen-bond acceptors (Lipinski definition) is 5. The van der Waals surface area contributed by atoms with E-state index in [0.29, 0.717) is 37.9 Å². The molecule has 1 aromatic heterocycles. The van der Waals surface area contributed by atoms with E-state index in [1.54, 1.807) is 9.80 Å². The molecule has 0 spiro atoms. The predicted octanol–water partition coefficient (Wildman–Crippen LogP) is 2.59. The van der Waals surface area contributed by atoms with Gasteiger partial charge < -0.3 is 14.5 Å². The molecule has 8 heteroatoms. The number of thiazole rings is 1. The summed E-state index contributed by atoms with van der Waals surface area (Å²) in [7, 11) is 0. The fourth-order valence-electron chi connectivity index (χ4n) is 3.52. The molecule has 0 radical (unpaired) electrons. The van der Waals surface area contributed by atoms with Gasteiger partial charge in [-0.05, 0) is 18.4 Å². The van der Waals surface area contributed by atoms with Crippen LogP contribution in [0.25, 0.3) is 0 Å². The molecule has 2 aliphatic rings. The van der Waals surface area contributed by atoms with Gasteiger partial charge in [0.1, 0.15) is 6.10 Å². The highest BCUT2D eigenvalue weighted by molar-refractivity contribution is 7.15. The minimum absolute atomic E-state index is 0.0584. The van der Waals surface area contributed by atoms with Gasteiger partial charge in [-0.1, -0.05) is 30.3 Å². The third kappa shape index (κ3) is 4.51. The van der Waals surface area contributed by atoms with Crippen LogP contribution in [0.4, 0.5) is 9.93 Å². The maximum absolute atomic E-state index is 12.5. The summed E-state index contributed by atoms with van der Waals surface area (Å²) in [5, 5.41) is 3.49. The molecular formula is C20H24N4O3S. The van der Waals surface area contributed by atoms with E-state index in [4.69, 9.17) is 4.74 Å². The Kier molecular flexibility index (Phi) is 5.87. The van der Waals surface area contributed by atoms with Gasteiger partial charge in [0.15, 0.2) is 5.13 Å². The molecule has 0 saturated carbocycles. The lowest BCUT2D eigenvalue weighted by Gasteiger charge is -2.35. The van der Waals surface area contributed by atoms with Crippen molar-refractivity contribution in [3.05, 3.63) is 47.0 Å². The van der Waals surface area contributed by atoms with E-state index >= 15 is 0 Å². The zero-order chi connectivity index (χ0) is 19.3. The molecule has 4 rings (SSSR count). The molecule has 1 atom stereocenters. The van der Waals surface area contributed by atoms with E-state index in [9.17, 15) is 9.59 Å². The lowest BCUT2D eigenvalue weighted by Crippen LogP contribution is -2.53. The van der Waals surface area contributed by atoms with Crippen molar-refractivity contribution in [2.75, 3.05) is 38.1 Å². The third-order valence-electron chi connectivity index (χ3n) is 5.07. The smallest absolute Gasteiger partial charge is 0.323 e. The molecule has 2 fully saturated rings. The predicted molar refractivity (Wildman–Crippen MR) is 108 cm³/mol. The highest BCUT2D eigenvalue weighted by Crippen LogP contribution is 2.22. The van der Waals surface area contributed by atoms with E-state index in [-0.39, 0.29) is 18.0 Å². The Labute approximate surface area is 168 Å². The first-order valence-corrected chi connectivity index (χ1v) is 10.5. The summed E-state index contributed by atoms with van der Waals surface area (Å²) in [4.78, 5) is 33.9. The van der Waals surface area contributed by atoms with Crippen molar-refractivity contribution < 1.29 is 14.3 Å². The topological polar surface area (TPSA) is 74.8 Å². The number of carbonyl (C=O) groups excluding carboxylic acids is 2. The third-order valence-corrected chi connectivity index (χ3v) is 5.99. The molecule has 3 amide bonds. The molecule has 7 nitrogen and oxygen atoms in total. The largest absolute Gasteiger partial charge is 0.368 e. The molecule has 2 saturated heterocycles. The van der Waals surface area contributed by atoms with Gasteiger partial charge in [0.2, 0.25) is 0 Å². The van der Waals surface area contributed by atoms with Crippen LogP contribution < -0.4 is 5.32 Å². The normalized spacial score (nSPS) is 19.6. The number of carbonyl (C=O) groups is 2. The molecule has 0 aliphatic carbocycles. The van der Waals surface area contributed by atoms with Crippen molar-refractivity contribution in [2.24, 2.45) is 0 Å². The highest BCUT2D eigenvalue weighted by Gasteiger charge is 2.31. The van der Waals surface area contributed by atoms with Crippen LogP contribution in [0, 0.1) is 0 Å². The van der Waals surface area contributed by atoms with Crippen molar-refractivity contribution in [1.29, 1.82) is 0 Å². The molecule has 1 N–H and O–H groups in total. The van der Waals surface area contributed by atoms with Gasteiger partial charge in [0, 0.05) is 50.3 Å². The van der Waals surface area contributed by atoms with Crippen LogP contribution in [0.2, 0.25) is 0 Å². The maximum Gasteiger partial charge on any atom is 0.323 e. The molecular weight excluding hydrogens is 376 g/mol. The van der Waals surface area contributed by atoms with Crippen LogP contribution in [-0.2, 0) is 16.0 Å². The molecule has 3 heterocycles. The monoisotopic (exact) mass is 400 g/mol. The number of hydrogen-bond donors (Lipinski definition) is 1. The van der Waals surface area contributed by atoms with Gasteiger partial charge in [0.25, 0.3) is 5.91 Å². The average Bonchev–Trinajstić information content (AvgIpc) is 3.41. The van der Waals surface area contributed by atoms with Crippen molar-refractivity contribution >= 4 is 28.4 Å². The maximum atomic E-state index is 12.5. The number of amides is 3. The number of anilines is 1. The van der Waals surface area contributed by atoms with E-state index in [0.717, 1.165) is 24.1 Å². The quantitative estimate of drug-likeness (QED) is 0.856. The fourth-order valence-corrected chi connectivity index (χ4v) is 4.36. The Morgan fingerprint density at radius 2 is 1.89 bits per heavy atom. The van der Waals surface area contributed by atoms with Crippen molar-refractivity contribution in [2.45, 2.75) is 25.4 Å². The minimum Gasteiger partial charge on any atom is -0.368 e. The Morgan fingerprint density at radius 1 is 1.14 bits per heavy atom. The number of nitrogens with one attached hydrogen (secondary N) is 1. The molecule has 0 unspecified atom stereocenters. The number of urea groups is 1. The van der Waals surface area contributed by atoms with Gasteiger partial charge >= 0.3 is 6.03 Å². The Hall–Kier alpha value is -2.45. The second kappa shape index (κ2) is 8.70. The fraction of sp³-hybridized carbons (Fsp3) is 0.450. The summed E-state index contributed by atoms with van der Waals surface area (Å²) >= 11 is 1.49. The zero-order valence-electron chi connectivity index (χ0n) is 15.7. The van der Waals surface area contributed by atoms with Crippen LogP contribution in [0.3, 0.4) is 0 Å². The second-order valence-corrected chi connectivity index (χ2v) is 8.15. The zero-order valence-corrected chi connectivity index (χ0v) is 16.5. The van der Waals surface area contributed by atoms with E-state index < -0.39 is 0 Å². The van der Waals surface area contributed by atoms with Crippen LogP contribution in [0.15, 0.2) is 36.5 Å². The summed E-state index contributed by atoms with van der Waals surface area (Å²) in [6.07, 6.45) is 4.07. The summed E-state index contributed by atoms with van der Waals surface area (Å²) in [6.45, 7) is 2.80. The van der Waals surface area contributed by atoms with Crippen LogP contribution >= 0.6 is 11.3 Å². The molecule has 0 bridgehead atoms. The van der Waals surface area contributed by atoms with Crippen LogP contribution in [0.5, 0.6) is 0 Å². The van der Waals surface area contributed by atoms with Crippen molar-refractivity contribution in [3.8, 4) is 0 Å². The number of ether oxygens (including phenoxy) is 1. The van der Waals surface area contributed by atoms with Gasteiger partial charge in [0.05, 0.1) is 0 Å². The Bertz CT molecular complexity index is 812. The lowest BCUT2D eigenvalue weighted by atomic mass is 10.1. The van der Waals surface area contributed by atoms with E-state index in [2.05, 4.69) is 22.4 Å². The highest BCUT2D eigenvalue weighted by atomic mass is 32.1. The van der Waals surface area contributed by atoms with Gasteiger partial charge in [-0.25, -0.2) is 9.78 Å². The van der Waals surface area contributed by atoms with Crippen LogP contribution in [-0.4, -0.2) is 65.6 Å². The minimum atomic E-state index is -0.293. The lowest BCUT2D eigenvalue weighted by molar-refractivity contribution is -0.142. The standard InChI is InChI=1S/C20H24N4O3S/c25-18(17-7-4-12-27-17)23-8-10-24(11-9-23)20(26)22-19-21-14-16(28-19)13-15-5-2-1-3-6-15/h1-3,5-6,14,17H,4,7-13H2,(H,21,22,26)/t17-/m1/s1. The molecule has 148 valence electrons. The first kappa shape index (κ1) is 18.9. The van der Waals surface area contributed by atoms with Gasteiger partial charge in [-0.2, -0.15) is 0 Å². The summed E-state index contributed by atoms with van der Waals surface area (Å²) in [5.41, 5.74) is 1.22. The molecule has 2 aliphatic heterocycles. The van der Waals surface area contributed by atoms with Gasteiger partial charge in [-0.3, -0.25) is 10.1 Å². The summed E-state index contributed by atoms with van der Waals surface area (Å²) in [5.74, 6) is 0.0584. The average molecular weight is 401 g/mol. The number of benzene rings is 1. The van der Waals surface area contributed by atoms with E-state index in [1.165, 1.54) is 16.9 Å². The van der Waals surface area contributed by atoms with Crippen LogP contribution in [0.1, 0.15) is 23.3 Å². The SMILES string of the molecule is O=C(Nc1ncc(Cc2ccccc2)s1)N1CCN(C(=O)[C@H]2CCCO2)CC1. The number of nitrogens with zero attached hydrogens (tertiary/aromatic N) is 3. The summed E-state index contributed by atoms with van der Waals surface area (Å²) < 4.78 is 5.48. The molecule has 1 aromatic carbocycles. The first-order chi connectivity index (χ1) is 13.7. The number of rotatable bonds is 4. The number of aromatic nitrogens is 1. The van der Waals surface area contributed by atoms with E-state index in [1.807, 2.05) is 24.4 Å². The number of piperazine rings is 1.